The molecule has 0 N–H and O–H groups in total. The lowest BCUT2D eigenvalue weighted by molar-refractivity contribution is 0.453. The number of hydrogen-bond acceptors (Lipinski definition) is 0. The van der Waals surface area contributed by atoms with Crippen molar-refractivity contribution in [3.05, 3.63) is 106 Å². The number of fused-ring (bicyclic) bond motifs is 1. The molecule has 5 heteroatoms. The summed E-state index contributed by atoms with van der Waals surface area (Å²) in [5, 5.41) is 0.164. The van der Waals surface area contributed by atoms with Gasteiger partial charge in [0.25, 0.3) is 0 Å². The predicted molar refractivity (Wildman–Crippen MR) is 125 cm³/mol. The molecule has 0 fully saturated rings. The van der Waals surface area contributed by atoms with Gasteiger partial charge in [-0.3, -0.25) is 0 Å². The summed E-state index contributed by atoms with van der Waals surface area (Å²) in [5.74, 6) is 0.586. The van der Waals surface area contributed by atoms with E-state index in [1.54, 1.807) is 24.3 Å². The Morgan fingerprint density at radius 3 is 1.97 bits per heavy atom. The Kier molecular flexibility index (Phi) is 6.98. The molecule has 0 spiro atoms. The minimum absolute atomic E-state index is 0.0331. The van der Waals surface area contributed by atoms with E-state index in [1.165, 1.54) is 30.3 Å². The molecular formula is C29H21F5. The Morgan fingerprint density at radius 2 is 1.29 bits per heavy atom. The Labute approximate surface area is 195 Å². The summed E-state index contributed by atoms with van der Waals surface area (Å²) in [6.07, 6.45) is 3.58. The van der Waals surface area contributed by atoms with Crippen LogP contribution in [0.4, 0.5) is 22.0 Å². The van der Waals surface area contributed by atoms with Crippen molar-refractivity contribution in [2.45, 2.75) is 32.6 Å². The minimum Gasteiger partial charge on any atom is -0.206 e. The number of benzene rings is 4. The molecule has 0 aliphatic rings. The quantitative estimate of drug-likeness (QED) is 0.121. The molecule has 4 rings (SSSR count). The zero-order chi connectivity index (χ0) is 24.2. The topological polar surface area (TPSA) is 0 Å². The average Bonchev–Trinajstić information content (AvgIpc) is 2.82. The van der Waals surface area contributed by atoms with E-state index in [0.29, 0.717) is 28.7 Å². The van der Waals surface area contributed by atoms with Gasteiger partial charge in [0.15, 0.2) is 17.5 Å². The highest BCUT2D eigenvalue weighted by Gasteiger charge is 2.14. The smallest absolute Gasteiger partial charge is 0.195 e. The second-order valence-electron chi connectivity index (χ2n) is 8.14. The van der Waals surface area contributed by atoms with Gasteiger partial charge in [-0.15, -0.1) is 0 Å². The minimum atomic E-state index is -1.51. The molecule has 34 heavy (non-hydrogen) atoms. The van der Waals surface area contributed by atoms with E-state index in [9.17, 15) is 22.0 Å². The molecule has 0 aliphatic heterocycles. The van der Waals surface area contributed by atoms with Crippen molar-refractivity contribution in [1.29, 1.82) is 0 Å². The molecule has 0 nitrogen and oxygen atoms in total. The Morgan fingerprint density at radius 1 is 0.647 bits per heavy atom. The Hall–Kier alpha value is -3.65. The van der Waals surface area contributed by atoms with Crippen LogP contribution in [0, 0.1) is 40.9 Å². The van der Waals surface area contributed by atoms with Crippen LogP contribution < -0.4 is 0 Å². The third kappa shape index (κ3) is 4.97. The summed E-state index contributed by atoms with van der Waals surface area (Å²) in [4.78, 5) is 0. The molecule has 0 heterocycles. The van der Waals surface area contributed by atoms with E-state index < -0.39 is 29.1 Å². The van der Waals surface area contributed by atoms with Gasteiger partial charge < -0.3 is 0 Å². The number of halogens is 5. The van der Waals surface area contributed by atoms with Crippen molar-refractivity contribution >= 4 is 10.8 Å². The molecule has 0 unspecified atom stereocenters. The molecule has 0 amide bonds. The van der Waals surface area contributed by atoms with Crippen LogP contribution in [-0.4, -0.2) is 0 Å². The van der Waals surface area contributed by atoms with Crippen molar-refractivity contribution in [2.24, 2.45) is 0 Å². The maximum atomic E-state index is 14.6. The third-order valence-electron chi connectivity index (χ3n) is 5.67. The first kappa shape index (κ1) is 23.5. The van der Waals surface area contributed by atoms with E-state index in [0.717, 1.165) is 25.3 Å². The molecular weight excluding hydrogens is 443 g/mol. The van der Waals surface area contributed by atoms with Crippen molar-refractivity contribution in [2.75, 3.05) is 0 Å². The fraction of sp³-hybridized carbons (Fsp3) is 0.172. The van der Waals surface area contributed by atoms with Crippen LogP contribution in [0.1, 0.15) is 42.9 Å². The van der Waals surface area contributed by atoms with E-state index in [4.69, 9.17) is 0 Å². The first-order valence-electron chi connectivity index (χ1n) is 11.0. The van der Waals surface area contributed by atoms with Gasteiger partial charge >= 0.3 is 0 Å². The molecule has 0 atom stereocenters. The van der Waals surface area contributed by atoms with Gasteiger partial charge in [0, 0.05) is 16.5 Å². The summed E-state index contributed by atoms with van der Waals surface area (Å²) in [5.41, 5.74) is 2.05. The summed E-state index contributed by atoms with van der Waals surface area (Å²) in [6, 6.07) is 14.5. The van der Waals surface area contributed by atoms with Crippen molar-refractivity contribution < 1.29 is 22.0 Å². The van der Waals surface area contributed by atoms with E-state index in [-0.39, 0.29) is 16.3 Å². The number of aryl methyl sites for hydroxylation is 1. The maximum absolute atomic E-state index is 14.6. The maximum Gasteiger partial charge on any atom is 0.195 e. The van der Waals surface area contributed by atoms with Crippen molar-refractivity contribution in [3.63, 3.8) is 0 Å². The van der Waals surface area contributed by atoms with Crippen LogP contribution in [0.2, 0.25) is 0 Å². The molecule has 4 aromatic rings. The molecule has 0 bridgehead atoms. The van der Waals surface area contributed by atoms with Crippen LogP contribution in [0.15, 0.2) is 60.7 Å². The largest absolute Gasteiger partial charge is 0.206 e. The summed E-state index contributed by atoms with van der Waals surface area (Å²) >= 11 is 0. The van der Waals surface area contributed by atoms with Gasteiger partial charge in [0.05, 0.1) is 5.56 Å². The molecule has 4 aromatic carbocycles. The average molecular weight is 464 g/mol. The van der Waals surface area contributed by atoms with Crippen LogP contribution >= 0.6 is 0 Å². The Bertz CT molecular complexity index is 1390. The molecule has 0 saturated carbocycles. The number of rotatable bonds is 5. The Balaban J connectivity index is 1.56. The monoisotopic (exact) mass is 464 g/mol. The lowest BCUT2D eigenvalue weighted by atomic mass is 9.99. The third-order valence-corrected chi connectivity index (χ3v) is 5.67. The molecule has 0 aliphatic carbocycles. The van der Waals surface area contributed by atoms with Gasteiger partial charge in [-0.1, -0.05) is 49.8 Å². The molecule has 172 valence electrons. The SMILES string of the molecule is CCCCCc1cc(F)c(-c2ccc(C#Cc3ccc4c(F)c(F)c(F)cc4c3)cc2)c(F)c1. The van der Waals surface area contributed by atoms with Gasteiger partial charge in [-0.2, -0.15) is 0 Å². The fourth-order valence-electron chi connectivity index (χ4n) is 3.87. The lowest BCUT2D eigenvalue weighted by Gasteiger charge is -2.09. The first-order valence-corrected chi connectivity index (χ1v) is 11.0. The van der Waals surface area contributed by atoms with Gasteiger partial charge in [0.2, 0.25) is 0 Å². The van der Waals surface area contributed by atoms with Crippen LogP contribution in [-0.2, 0) is 6.42 Å². The highest BCUT2D eigenvalue weighted by molar-refractivity contribution is 5.84. The zero-order valence-corrected chi connectivity index (χ0v) is 18.5. The summed E-state index contributed by atoms with van der Waals surface area (Å²) < 4.78 is 70.1. The van der Waals surface area contributed by atoms with Crippen molar-refractivity contribution in [1.82, 2.24) is 0 Å². The zero-order valence-electron chi connectivity index (χ0n) is 18.5. The van der Waals surface area contributed by atoms with E-state index >= 15 is 0 Å². The summed E-state index contributed by atoms with van der Waals surface area (Å²) in [6.45, 7) is 2.07. The lowest BCUT2D eigenvalue weighted by Crippen LogP contribution is -1.95. The molecule has 0 saturated heterocycles. The van der Waals surface area contributed by atoms with Gasteiger partial charge in [-0.25, -0.2) is 22.0 Å². The highest BCUT2D eigenvalue weighted by Crippen LogP contribution is 2.28. The molecule has 0 aromatic heterocycles. The van der Waals surface area contributed by atoms with Crippen LogP contribution in [0.3, 0.4) is 0 Å². The van der Waals surface area contributed by atoms with Crippen molar-refractivity contribution in [3.8, 4) is 23.0 Å². The second-order valence-corrected chi connectivity index (χ2v) is 8.14. The first-order chi connectivity index (χ1) is 16.4. The highest BCUT2D eigenvalue weighted by atomic mass is 19.2. The standard InChI is InChI=1S/C29H21F5/c1-2-3-4-5-20-15-24(30)27(25(31)16-20)21-11-8-18(9-12-21)6-7-19-10-13-23-22(14-19)17-26(32)29(34)28(23)33/h8-17H,2-5H2,1H3. The van der Waals surface area contributed by atoms with Crippen LogP contribution in [0.25, 0.3) is 21.9 Å². The van der Waals surface area contributed by atoms with Gasteiger partial charge in [-0.05, 0) is 71.8 Å². The fourth-order valence-corrected chi connectivity index (χ4v) is 3.87. The van der Waals surface area contributed by atoms with E-state index in [2.05, 4.69) is 18.8 Å². The van der Waals surface area contributed by atoms with E-state index in [1.807, 2.05) is 0 Å². The summed E-state index contributed by atoms with van der Waals surface area (Å²) in [7, 11) is 0. The number of unbranched alkanes of at least 4 members (excludes halogenated alkanes) is 2. The van der Waals surface area contributed by atoms with Crippen LogP contribution in [0.5, 0.6) is 0 Å². The van der Waals surface area contributed by atoms with Gasteiger partial charge in [0.1, 0.15) is 11.6 Å². The predicted octanol–water partition coefficient (Wildman–Crippen LogP) is 8.33. The normalized spacial score (nSPS) is 10.9. The number of hydrogen-bond donors (Lipinski definition) is 0. The second kappa shape index (κ2) is 10.1. The molecule has 0 radical (unpaired) electrons.